The van der Waals surface area contributed by atoms with Gasteiger partial charge in [-0.05, 0) is 47.7 Å². The Balaban J connectivity index is 1.82. The number of hydrogen-bond donors (Lipinski definition) is 3. The molecule has 0 aromatic heterocycles. The Hall–Kier alpha value is -2.38. The zero-order chi connectivity index (χ0) is 21.5. The second kappa shape index (κ2) is 9.89. The normalized spacial score (nSPS) is 12.7. The first-order chi connectivity index (χ1) is 13.7. The van der Waals surface area contributed by atoms with Crippen LogP contribution in [-0.2, 0) is 28.4 Å². The number of nitrogens with zero attached hydrogens (tertiary/aromatic N) is 1. The minimum Gasteiger partial charge on any atom is -0.356 e. The first kappa shape index (κ1) is 22.9. The highest BCUT2D eigenvalue weighted by atomic mass is 32.2. The maximum absolute atomic E-state index is 11.8. The Morgan fingerprint density at radius 2 is 1.52 bits per heavy atom. The maximum Gasteiger partial charge on any atom is 0.240 e. The molecule has 7 heteroatoms. The van der Waals surface area contributed by atoms with Crippen molar-refractivity contribution >= 4 is 16.0 Å². The third-order valence-electron chi connectivity index (χ3n) is 4.71. The van der Waals surface area contributed by atoms with Gasteiger partial charge in [0.2, 0.25) is 10.0 Å². The van der Waals surface area contributed by atoms with Gasteiger partial charge in [0.15, 0.2) is 5.96 Å². The van der Waals surface area contributed by atoms with E-state index in [9.17, 15) is 8.42 Å². The summed E-state index contributed by atoms with van der Waals surface area (Å²) in [5.41, 5.74) is 3.75. The third-order valence-corrected chi connectivity index (χ3v) is 6.14. The number of hydrogen-bond acceptors (Lipinski definition) is 3. The monoisotopic (exact) mass is 416 g/mol. The lowest BCUT2D eigenvalue weighted by atomic mass is 9.86. The van der Waals surface area contributed by atoms with Gasteiger partial charge in [0.1, 0.15) is 0 Å². The topological polar surface area (TPSA) is 82.6 Å². The number of guanidine groups is 1. The second-order valence-electron chi connectivity index (χ2n) is 7.90. The van der Waals surface area contributed by atoms with Crippen LogP contribution in [0.3, 0.4) is 0 Å². The van der Waals surface area contributed by atoms with Crippen LogP contribution >= 0.6 is 0 Å². The molecule has 0 unspecified atom stereocenters. The number of sulfonamides is 1. The molecule has 6 nitrogen and oxygen atoms in total. The Morgan fingerprint density at radius 3 is 2.03 bits per heavy atom. The van der Waals surface area contributed by atoms with Crippen LogP contribution in [0.25, 0.3) is 0 Å². The fourth-order valence-electron chi connectivity index (χ4n) is 2.81. The fraction of sp³-hybridized carbons (Fsp3) is 0.409. The standard InChI is InChI=1S/C22H32N4O2S/c1-22(2,3)19-10-6-17(7-11-19)14-15-25-21(23-4)26-16-18-8-12-20(13-9-18)29(27,28)24-5/h6-13,24H,14-16H2,1-5H3,(H2,23,25,26). The van der Waals surface area contributed by atoms with E-state index in [-0.39, 0.29) is 10.3 Å². The first-order valence-electron chi connectivity index (χ1n) is 9.72. The number of aliphatic imine (C=N–C) groups is 1. The summed E-state index contributed by atoms with van der Waals surface area (Å²) >= 11 is 0. The van der Waals surface area contributed by atoms with E-state index in [1.54, 1.807) is 31.3 Å². The maximum atomic E-state index is 11.8. The van der Waals surface area contributed by atoms with Crippen molar-refractivity contribution in [1.29, 1.82) is 0 Å². The van der Waals surface area contributed by atoms with Gasteiger partial charge in [-0.3, -0.25) is 4.99 Å². The molecule has 29 heavy (non-hydrogen) atoms. The molecule has 0 heterocycles. The zero-order valence-corrected chi connectivity index (χ0v) is 18.7. The predicted octanol–water partition coefficient (Wildman–Crippen LogP) is 2.80. The smallest absolute Gasteiger partial charge is 0.240 e. The van der Waals surface area contributed by atoms with Gasteiger partial charge in [0, 0.05) is 20.1 Å². The Kier molecular flexibility index (Phi) is 7.81. The summed E-state index contributed by atoms with van der Waals surface area (Å²) < 4.78 is 25.9. The van der Waals surface area contributed by atoms with E-state index in [1.807, 2.05) is 0 Å². The molecule has 3 N–H and O–H groups in total. The second-order valence-corrected chi connectivity index (χ2v) is 9.79. The van der Waals surface area contributed by atoms with E-state index in [0.29, 0.717) is 12.5 Å². The van der Waals surface area contributed by atoms with Crippen LogP contribution in [0, 0.1) is 0 Å². The summed E-state index contributed by atoms with van der Waals surface area (Å²) in [7, 11) is -0.272. The number of rotatable bonds is 7. The van der Waals surface area contributed by atoms with Crippen molar-refractivity contribution in [1.82, 2.24) is 15.4 Å². The molecule has 0 spiro atoms. The Labute approximate surface area is 174 Å². The first-order valence-corrected chi connectivity index (χ1v) is 11.2. The molecule has 158 valence electrons. The summed E-state index contributed by atoms with van der Waals surface area (Å²) in [5.74, 6) is 0.711. The highest BCUT2D eigenvalue weighted by Gasteiger charge is 2.13. The molecule has 0 amide bonds. The minimum atomic E-state index is -3.41. The van der Waals surface area contributed by atoms with Crippen molar-refractivity contribution in [3.63, 3.8) is 0 Å². The van der Waals surface area contributed by atoms with Crippen molar-refractivity contribution in [2.45, 2.75) is 44.0 Å². The molecule has 0 aliphatic carbocycles. The van der Waals surface area contributed by atoms with Crippen LogP contribution in [-0.4, -0.2) is 35.0 Å². The average molecular weight is 417 g/mol. The largest absolute Gasteiger partial charge is 0.356 e. The molecule has 2 aromatic carbocycles. The van der Waals surface area contributed by atoms with E-state index in [2.05, 4.69) is 65.4 Å². The van der Waals surface area contributed by atoms with Gasteiger partial charge in [0.05, 0.1) is 4.90 Å². The number of benzene rings is 2. The molecule has 2 rings (SSSR count). The average Bonchev–Trinajstić information content (AvgIpc) is 2.70. The molecule has 0 atom stereocenters. The van der Waals surface area contributed by atoms with Gasteiger partial charge >= 0.3 is 0 Å². The third kappa shape index (κ3) is 6.87. The lowest BCUT2D eigenvalue weighted by Gasteiger charge is -2.19. The Bertz CT molecular complexity index is 913. The summed E-state index contributed by atoms with van der Waals surface area (Å²) in [6, 6.07) is 15.5. The van der Waals surface area contributed by atoms with Crippen molar-refractivity contribution < 1.29 is 8.42 Å². The summed E-state index contributed by atoms with van der Waals surface area (Å²) in [5, 5.41) is 6.56. The van der Waals surface area contributed by atoms with E-state index >= 15 is 0 Å². The lowest BCUT2D eigenvalue weighted by molar-refractivity contribution is 0.588. The number of nitrogens with one attached hydrogen (secondary N) is 3. The van der Waals surface area contributed by atoms with Gasteiger partial charge in [-0.15, -0.1) is 0 Å². The van der Waals surface area contributed by atoms with E-state index in [0.717, 1.165) is 18.5 Å². The highest BCUT2D eigenvalue weighted by molar-refractivity contribution is 7.89. The lowest BCUT2D eigenvalue weighted by Crippen LogP contribution is -2.37. The van der Waals surface area contributed by atoms with Crippen LogP contribution in [0.4, 0.5) is 0 Å². The summed E-state index contributed by atoms with van der Waals surface area (Å²) in [6.07, 6.45) is 0.904. The van der Waals surface area contributed by atoms with Crippen LogP contribution in [0.1, 0.15) is 37.5 Å². The van der Waals surface area contributed by atoms with Crippen molar-refractivity contribution in [3.8, 4) is 0 Å². The SMILES string of the molecule is CN=C(NCCc1ccc(C(C)(C)C)cc1)NCc1ccc(S(=O)(=O)NC)cc1. The molecule has 0 saturated carbocycles. The summed E-state index contributed by atoms with van der Waals surface area (Å²) in [4.78, 5) is 4.49. The molecule has 0 aliphatic heterocycles. The van der Waals surface area contributed by atoms with Gasteiger partial charge in [-0.2, -0.15) is 0 Å². The van der Waals surface area contributed by atoms with Crippen molar-refractivity contribution in [2.75, 3.05) is 20.6 Å². The van der Waals surface area contributed by atoms with Crippen molar-refractivity contribution in [3.05, 3.63) is 65.2 Å². The fourth-order valence-corrected chi connectivity index (χ4v) is 3.54. The summed E-state index contributed by atoms with van der Waals surface area (Å²) in [6.45, 7) is 7.97. The van der Waals surface area contributed by atoms with Crippen molar-refractivity contribution in [2.24, 2.45) is 4.99 Å². The zero-order valence-electron chi connectivity index (χ0n) is 17.9. The Morgan fingerprint density at radius 1 is 0.931 bits per heavy atom. The molecule has 0 aliphatic rings. The van der Waals surface area contributed by atoms with Gasteiger partial charge in [-0.25, -0.2) is 13.1 Å². The van der Waals surface area contributed by atoms with E-state index in [4.69, 9.17) is 0 Å². The molecule has 2 aromatic rings. The van der Waals surface area contributed by atoms with Gasteiger partial charge in [-0.1, -0.05) is 57.2 Å². The highest BCUT2D eigenvalue weighted by Crippen LogP contribution is 2.22. The molecular formula is C22H32N4O2S. The molecular weight excluding hydrogens is 384 g/mol. The van der Waals surface area contributed by atoms with Crippen LogP contribution in [0.5, 0.6) is 0 Å². The molecule has 0 radical (unpaired) electrons. The van der Waals surface area contributed by atoms with Crippen LogP contribution < -0.4 is 15.4 Å². The molecule has 0 saturated heterocycles. The minimum absolute atomic E-state index is 0.165. The van der Waals surface area contributed by atoms with Crippen LogP contribution in [0.15, 0.2) is 58.4 Å². The van der Waals surface area contributed by atoms with Gasteiger partial charge in [0.25, 0.3) is 0 Å². The molecule has 0 bridgehead atoms. The van der Waals surface area contributed by atoms with E-state index in [1.165, 1.54) is 18.2 Å². The van der Waals surface area contributed by atoms with E-state index < -0.39 is 10.0 Å². The van der Waals surface area contributed by atoms with Gasteiger partial charge < -0.3 is 10.6 Å². The molecule has 0 fully saturated rings. The van der Waals surface area contributed by atoms with Crippen LogP contribution in [0.2, 0.25) is 0 Å². The quantitative estimate of drug-likeness (QED) is 0.479. The predicted molar refractivity (Wildman–Crippen MR) is 120 cm³/mol.